The van der Waals surface area contributed by atoms with Gasteiger partial charge in [0, 0.05) is 30.4 Å². The van der Waals surface area contributed by atoms with Crippen molar-refractivity contribution in [3.05, 3.63) is 59.7 Å². The third-order valence-corrected chi connectivity index (χ3v) is 4.47. The Morgan fingerprint density at radius 1 is 1.03 bits per heavy atom. The van der Waals surface area contributed by atoms with Crippen molar-refractivity contribution in [2.24, 2.45) is 0 Å². The number of nitrogens with zero attached hydrogens (tertiary/aromatic N) is 4. The van der Waals surface area contributed by atoms with Crippen molar-refractivity contribution in [1.82, 2.24) is 19.9 Å². The summed E-state index contributed by atoms with van der Waals surface area (Å²) in [5.41, 5.74) is 2.09. The van der Waals surface area contributed by atoms with Gasteiger partial charge < -0.3 is 4.74 Å². The number of pyridine rings is 1. The van der Waals surface area contributed by atoms with E-state index < -0.39 is 0 Å². The monoisotopic (exact) mass is 392 g/mol. The average Bonchev–Trinajstić information content (AvgIpc) is 2.69. The second kappa shape index (κ2) is 9.44. The Bertz CT molecular complexity index is 1030. The van der Waals surface area contributed by atoms with Gasteiger partial charge in [-0.05, 0) is 63.9 Å². The summed E-state index contributed by atoms with van der Waals surface area (Å²) in [5.74, 6) is 5.93. The predicted octanol–water partition coefficient (Wildman–Crippen LogP) is 4.06. The van der Waals surface area contributed by atoms with Crippen LogP contribution in [0.4, 0.5) is 4.39 Å². The Kier molecular flexibility index (Phi) is 6.73. The van der Waals surface area contributed by atoms with Gasteiger partial charge in [-0.2, -0.15) is 0 Å². The Morgan fingerprint density at radius 3 is 2.55 bits per heavy atom. The average molecular weight is 392 g/mol. The molecule has 2 aromatic heterocycles. The lowest BCUT2D eigenvalue weighted by Gasteiger charge is -2.30. The first-order chi connectivity index (χ1) is 13.9. The first-order valence-corrected chi connectivity index (χ1v) is 9.73. The molecule has 1 aromatic carbocycles. The Labute approximate surface area is 171 Å². The molecule has 6 heteroatoms. The van der Waals surface area contributed by atoms with E-state index in [1.807, 2.05) is 6.07 Å². The van der Waals surface area contributed by atoms with Gasteiger partial charge in [0.15, 0.2) is 11.3 Å². The van der Waals surface area contributed by atoms with Crippen molar-refractivity contribution < 1.29 is 9.13 Å². The molecular weight excluding hydrogens is 367 g/mol. The molecule has 0 unspecified atom stereocenters. The van der Waals surface area contributed by atoms with E-state index in [1.54, 1.807) is 24.4 Å². The van der Waals surface area contributed by atoms with Gasteiger partial charge >= 0.3 is 0 Å². The molecule has 0 saturated heterocycles. The van der Waals surface area contributed by atoms with Crippen LogP contribution in [0.1, 0.15) is 39.0 Å². The smallest absolute Gasteiger partial charge is 0.249 e. The van der Waals surface area contributed by atoms with Gasteiger partial charge in [0.25, 0.3) is 0 Å². The minimum Gasteiger partial charge on any atom is -0.474 e. The molecule has 0 N–H and O–H groups in total. The maximum Gasteiger partial charge on any atom is 0.249 e. The lowest BCUT2D eigenvalue weighted by molar-refractivity contribution is 0.140. The second-order valence-corrected chi connectivity index (χ2v) is 7.26. The molecule has 2 heterocycles. The fraction of sp³-hybridized carbons (Fsp3) is 0.348. The molecule has 3 rings (SSSR count). The number of halogens is 1. The molecule has 0 aliphatic carbocycles. The Balaban J connectivity index is 1.88. The second-order valence-electron chi connectivity index (χ2n) is 7.26. The highest BCUT2D eigenvalue weighted by molar-refractivity contribution is 5.71. The summed E-state index contributed by atoms with van der Waals surface area (Å²) in [6.45, 7) is 9.88. The van der Waals surface area contributed by atoms with Crippen LogP contribution in [-0.4, -0.2) is 45.1 Å². The van der Waals surface area contributed by atoms with Gasteiger partial charge in [-0.25, -0.2) is 19.3 Å². The topological polar surface area (TPSA) is 51.1 Å². The van der Waals surface area contributed by atoms with Crippen LogP contribution in [0.3, 0.4) is 0 Å². The highest BCUT2D eigenvalue weighted by Gasteiger charge is 2.14. The van der Waals surface area contributed by atoms with Crippen LogP contribution < -0.4 is 4.74 Å². The summed E-state index contributed by atoms with van der Waals surface area (Å²) >= 11 is 0. The first kappa shape index (κ1) is 20.7. The minimum absolute atomic E-state index is 0.331. The van der Waals surface area contributed by atoms with Gasteiger partial charge in [-0.3, -0.25) is 4.90 Å². The molecule has 0 spiro atoms. The molecule has 150 valence electrons. The largest absolute Gasteiger partial charge is 0.474 e. The lowest BCUT2D eigenvalue weighted by Crippen LogP contribution is -2.39. The van der Waals surface area contributed by atoms with E-state index in [9.17, 15) is 4.39 Å². The zero-order chi connectivity index (χ0) is 20.8. The van der Waals surface area contributed by atoms with Crippen LogP contribution in [0.25, 0.3) is 11.2 Å². The molecular formula is C23H25FN4O. The van der Waals surface area contributed by atoms with Gasteiger partial charge in [-0.1, -0.05) is 12.0 Å². The van der Waals surface area contributed by atoms with E-state index in [-0.39, 0.29) is 5.82 Å². The van der Waals surface area contributed by atoms with E-state index in [2.05, 4.69) is 59.4 Å². The van der Waals surface area contributed by atoms with Gasteiger partial charge in [0.05, 0.1) is 0 Å². The predicted molar refractivity (Wildman–Crippen MR) is 112 cm³/mol. The van der Waals surface area contributed by atoms with E-state index in [4.69, 9.17) is 4.74 Å². The summed E-state index contributed by atoms with van der Waals surface area (Å²) < 4.78 is 19.4. The molecule has 0 aliphatic heterocycles. The highest BCUT2D eigenvalue weighted by atomic mass is 19.1. The van der Waals surface area contributed by atoms with Gasteiger partial charge in [0.1, 0.15) is 17.9 Å². The van der Waals surface area contributed by atoms with E-state index in [0.717, 1.165) is 6.54 Å². The number of rotatable bonds is 6. The quantitative estimate of drug-likeness (QED) is 0.592. The molecule has 0 atom stereocenters. The van der Waals surface area contributed by atoms with Gasteiger partial charge in [0.2, 0.25) is 5.88 Å². The number of aromatic nitrogens is 3. The molecule has 5 nitrogen and oxygen atoms in total. The Hall–Kier alpha value is -3.04. The maximum atomic E-state index is 13.4. The highest BCUT2D eigenvalue weighted by Crippen LogP contribution is 2.17. The fourth-order valence-corrected chi connectivity index (χ4v) is 3.12. The zero-order valence-corrected chi connectivity index (χ0v) is 17.2. The molecule has 3 aromatic rings. The minimum atomic E-state index is -0.331. The number of hydrogen-bond donors (Lipinski definition) is 0. The molecule has 0 aliphatic rings. The summed E-state index contributed by atoms with van der Waals surface area (Å²) in [6, 6.07) is 10.6. The lowest BCUT2D eigenvalue weighted by atomic mass is 10.2. The van der Waals surface area contributed by atoms with Crippen molar-refractivity contribution in [2.45, 2.75) is 39.8 Å². The first-order valence-electron chi connectivity index (χ1n) is 9.73. The van der Waals surface area contributed by atoms with Crippen molar-refractivity contribution in [3.8, 4) is 17.7 Å². The Morgan fingerprint density at radius 2 is 1.83 bits per heavy atom. The van der Waals surface area contributed by atoms with Crippen molar-refractivity contribution in [1.29, 1.82) is 0 Å². The van der Waals surface area contributed by atoms with Crippen molar-refractivity contribution in [3.63, 3.8) is 0 Å². The van der Waals surface area contributed by atoms with Crippen LogP contribution in [0.5, 0.6) is 5.88 Å². The van der Waals surface area contributed by atoms with Gasteiger partial charge in [-0.15, -0.1) is 0 Å². The van der Waals surface area contributed by atoms with E-state index >= 15 is 0 Å². The van der Waals surface area contributed by atoms with Crippen molar-refractivity contribution >= 4 is 11.2 Å². The fourth-order valence-electron chi connectivity index (χ4n) is 3.12. The van der Waals surface area contributed by atoms with Crippen molar-refractivity contribution in [2.75, 3.05) is 13.2 Å². The summed E-state index contributed by atoms with van der Waals surface area (Å²) in [7, 11) is 0. The molecule has 0 radical (unpaired) electrons. The maximum absolute atomic E-state index is 13.4. The van der Waals surface area contributed by atoms with Crippen LogP contribution in [0, 0.1) is 17.7 Å². The molecule has 0 bridgehead atoms. The normalized spacial score (nSPS) is 11.2. The van der Waals surface area contributed by atoms with Crippen LogP contribution in [-0.2, 0) is 0 Å². The van der Waals surface area contributed by atoms with Crippen LogP contribution >= 0.6 is 0 Å². The number of benzene rings is 1. The van der Waals surface area contributed by atoms with E-state index in [0.29, 0.717) is 47.0 Å². The van der Waals surface area contributed by atoms with Crippen LogP contribution in [0.2, 0.25) is 0 Å². The standard InChI is InChI=1S/C23H25FN4O/c1-16(2)28(17(3)4)13-14-29-23-21(11-10-18-7-5-8-19(24)15-18)26-22-20(27-23)9-6-12-25-22/h5-9,12,15-17H,13-14H2,1-4H3. The molecule has 0 fully saturated rings. The molecule has 0 saturated carbocycles. The zero-order valence-electron chi connectivity index (χ0n) is 17.2. The number of hydrogen-bond acceptors (Lipinski definition) is 5. The third kappa shape index (κ3) is 5.49. The number of fused-ring (bicyclic) bond motifs is 1. The summed E-state index contributed by atoms with van der Waals surface area (Å²) in [5, 5.41) is 0. The molecule has 29 heavy (non-hydrogen) atoms. The summed E-state index contributed by atoms with van der Waals surface area (Å²) in [6.07, 6.45) is 1.66. The van der Waals surface area contributed by atoms with E-state index in [1.165, 1.54) is 12.1 Å². The third-order valence-electron chi connectivity index (χ3n) is 4.47. The molecule has 0 amide bonds. The van der Waals surface area contributed by atoms with Crippen LogP contribution in [0.15, 0.2) is 42.6 Å². The number of ether oxygens (including phenoxy) is 1. The SMILES string of the molecule is CC(C)N(CCOc1nc2cccnc2nc1C#Cc1cccc(F)c1)C(C)C. The summed E-state index contributed by atoms with van der Waals surface area (Å²) in [4.78, 5) is 15.6.